The summed E-state index contributed by atoms with van der Waals surface area (Å²) in [5.74, 6) is 0.526. The van der Waals surface area contributed by atoms with E-state index in [0.29, 0.717) is 18.5 Å². The number of rotatable bonds is 5. The fraction of sp³-hybridized carbons (Fsp3) is 0.625. The van der Waals surface area contributed by atoms with E-state index in [9.17, 15) is 0 Å². The van der Waals surface area contributed by atoms with Gasteiger partial charge in [-0.2, -0.15) is 0 Å². The van der Waals surface area contributed by atoms with E-state index in [0.717, 1.165) is 24.3 Å². The lowest BCUT2D eigenvalue weighted by atomic mass is 10.1. The molecule has 0 saturated carbocycles. The van der Waals surface area contributed by atoms with Crippen molar-refractivity contribution in [3.63, 3.8) is 0 Å². The molecule has 0 bridgehead atoms. The molecule has 1 aliphatic rings. The molecule has 2 heterocycles. The van der Waals surface area contributed by atoms with Gasteiger partial charge >= 0.3 is 0 Å². The second kappa shape index (κ2) is 7.41. The molecule has 1 aromatic heterocycles. The van der Waals surface area contributed by atoms with Crippen molar-refractivity contribution in [1.29, 1.82) is 0 Å². The molecule has 21 heavy (non-hydrogen) atoms. The lowest BCUT2D eigenvalue weighted by Crippen LogP contribution is -2.42. The van der Waals surface area contributed by atoms with Crippen LogP contribution in [0, 0.1) is 13.8 Å². The Hall–Kier alpha value is -1.62. The fourth-order valence-electron chi connectivity index (χ4n) is 2.88. The van der Waals surface area contributed by atoms with Gasteiger partial charge < -0.3 is 11.1 Å². The SMILES string of the molecule is CCN1CCCC1CNC(N)=NCc1cnc(C)cc1C. The Bertz CT molecular complexity index is 497. The number of nitrogens with zero attached hydrogens (tertiary/aromatic N) is 3. The van der Waals surface area contributed by atoms with Gasteiger partial charge in [-0.25, -0.2) is 4.99 Å². The summed E-state index contributed by atoms with van der Waals surface area (Å²) in [5, 5.41) is 3.26. The molecule has 0 aliphatic carbocycles. The van der Waals surface area contributed by atoms with Crippen LogP contribution in [-0.4, -0.2) is 41.5 Å². The lowest BCUT2D eigenvalue weighted by Gasteiger charge is -2.23. The van der Waals surface area contributed by atoms with Gasteiger partial charge in [-0.05, 0) is 57.0 Å². The van der Waals surface area contributed by atoms with E-state index in [4.69, 9.17) is 5.73 Å². The second-order valence-corrected chi connectivity index (χ2v) is 5.76. The van der Waals surface area contributed by atoms with Crippen molar-refractivity contribution in [2.75, 3.05) is 19.6 Å². The zero-order valence-corrected chi connectivity index (χ0v) is 13.4. The molecule has 1 unspecified atom stereocenters. The summed E-state index contributed by atoms with van der Waals surface area (Å²) in [5.41, 5.74) is 9.34. The van der Waals surface area contributed by atoms with Gasteiger partial charge in [0.15, 0.2) is 5.96 Å². The van der Waals surface area contributed by atoms with Crippen molar-refractivity contribution in [3.8, 4) is 0 Å². The molecule has 3 N–H and O–H groups in total. The Morgan fingerprint density at radius 2 is 2.33 bits per heavy atom. The Morgan fingerprint density at radius 1 is 1.52 bits per heavy atom. The zero-order chi connectivity index (χ0) is 15.2. The van der Waals surface area contributed by atoms with E-state index in [1.165, 1.54) is 24.9 Å². The third-order valence-corrected chi connectivity index (χ3v) is 4.20. The van der Waals surface area contributed by atoms with E-state index in [-0.39, 0.29) is 0 Å². The number of nitrogens with two attached hydrogens (primary N) is 1. The Labute approximate surface area is 127 Å². The Kier molecular flexibility index (Phi) is 5.56. The minimum atomic E-state index is 0.526. The van der Waals surface area contributed by atoms with Gasteiger partial charge in [0.25, 0.3) is 0 Å². The average Bonchev–Trinajstić information content (AvgIpc) is 2.91. The molecule has 5 nitrogen and oxygen atoms in total. The van der Waals surface area contributed by atoms with Crippen molar-refractivity contribution >= 4 is 5.96 Å². The number of hydrogen-bond donors (Lipinski definition) is 2. The van der Waals surface area contributed by atoms with Crippen LogP contribution >= 0.6 is 0 Å². The first-order valence-corrected chi connectivity index (χ1v) is 7.80. The number of aliphatic imine (C=N–C) groups is 1. The smallest absolute Gasteiger partial charge is 0.188 e. The average molecular weight is 289 g/mol. The van der Waals surface area contributed by atoms with Crippen molar-refractivity contribution in [1.82, 2.24) is 15.2 Å². The highest BCUT2D eigenvalue weighted by atomic mass is 15.2. The second-order valence-electron chi connectivity index (χ2n) is 5.76. The lowest BCUT2D eigenvalue weighted by molar-refractivity contribution is 0.267. The largest absolute Gasteiger partial charge is 0.370 e. The van der Waals surface area contributed by atoms with E-state index >= 15 is 0 Å². The Morgan fingerprint density at radius 3 is 3.05 bits per heavy atom. The normalized spacial score (nSPS) is 20.0. The van der Waals surface area contributed by atoms with Gasteiger partial charge in [-0.3, -0.25) is 9.88 Å². The number of likely N-dealkylation sites (N-methyl/N-ethyl adjacent to an activating group) is 1. The summed E-state index contributed by atoms with van der Waals surface area (Å²) in [6, 6.07) is 2.66. The molecule has 5 heteroatoms. The maximum atomic E-state index is 5.97. The molecule has 0 radical (unpaired) electrons. The van der Waals surface area contributed by atoms with E-state index < -0.39 is 0 Å². The monoisotopic (exact) mass is 289 g/mol. The molecule has 0 spiro atoms. The standard InChI is InChI=1S/C16H27N5/c1-4-21-7-5-6-15(21)11-20-16(17)19-10-14-9-18-13(3)8-12(14)2/h8-9,15H,4-7,10-11H2,1-3H3,(H3,17,19,20). The number of aryl methyl sites for hydroxylation is 2. The first-order valence-electron chi connectivity index (χ1n) is 7.80. The topological polar surface area (TPSA) is 66.5 Å². The van der Waals surface area contributed by atoms with Gasteiger partial charge in [0.05, 0.1) is 6.54 Å². The van der Waals surface area contributed by atoms with E-state index in [1.807, 2.05) is 13.1 Å². The first kappa shape index (κ1) is 15.8. The molecular weight excluding hydrogens is 262 g/mol. The first-order chi connectivity index (χ1) is 10.1. The minimum Gasteiger partial charge on any atom is -0.370 e. The van der Waals surface area contributed by atoms with Gasteiger partial charge in [0.2, 0.25) is 0 Å². The summed E-state index contributed by atoms with van der Waals surface area (Å²) in [6.07, 6.45) is 4.41. The molecule has 0 amide bonds. The van der Waals surface area contributed by atoms with Crippen LogP contribution in [0.15, 0.2) is 17.3 Å². The quantitative estimate of drug-likeness (QED) is 0.638. The molecule has 1 atom stereocenters. The Balaban J connectivity index is 1.84. The van der Waals surface area contributed by atoms with Crippen LogP contribution in [0.2, 0.25) is 0 Å². The van der Waals surface area contributed by atoms with Gasteiger partial charge in [-0.1, -0.05) is 6.92 Å². The van der Waals surface area contributed by atoms with Crippen LogP contribution in [0.3, 0.4) is 0 Å². The highest BCUT2D eigenvalue weighted by Crippen LogP contribution is 2.15. The number of nitrogens with one attached hydrogen (secondary N) is 1. The van der Waals surface area contributed by atoms with E-state index in [1.54, 1.807) is 0 Å². The number of guanidine groups is 1. The van der Waals surface area contributed by atoms with Gasteiger partial charge in [0.1, 0.15) is 0 Å². The summed E-state index contributed by atoms with van der Waals surface area (Å²) in [7, 11) is 0. The predicted octanol–water partition coefficient (Wildman–Crippen LogP) is 1.59. The van der Waals surface area contributed by atoms with Crippen LogP contribution in [-0.2, 0) is 6.54 Å². The summed E-state index contributed by atoms with van der Waals surface area (Å²) in [6.45, 7) is 10.1. The van der Waals surface area contributed by atoms with Crippen LogP contribution in [0.5, 0.6) is 0 Å². The molecule has 1 fully saturated rings. The van der Waals surface area contributed by atoms with Crippen molar-refractivity contribution in [2.45, 2.75) is 46.2 Å². The van der Waals surface area contributed by atoms with E-state index in [2.05, 4.69) is 40.1 Å². The summed E-state index contributed by atoms with van der Waals surface area (Å²) in [4.78, 5) is 11.2. The van der Waals surface area contributed by atoms with Crippen LogP contribution in [0.4, 0.5) is 0 Å². The van der Waals surface area contributed by atoms with Crippen molar-refractivity contribution in [2.24, 2.45) is 10.7 Å². The minimum absolute atomic E-state index is 0.526. The number of pyridine rings is 1. The third-order valence-electron chi connectivity index (χ3n) is 4.20. The highest BCUT2D eigenvalue weighted by molar-refractivity contribution is 5.77. The zero-order valence-electron chi connectivity index (χ0n) is 13.4. The van der Waals surface area contributed by atoms with Crippen molar-refractivity contribution in [3.05, 3.63) is 29.1 Å². The van der Waals surface area contributed by atoms with Crippen molar-refractivity contribution < 1.29 is 0 Å². The van der Waals surface area contributed by atoms with Gasteiger partial charge in [-0.15, -0.1) is 0 Å². The molecule has 2 rings (SSSR count). The molecule has 116 valence electrons. The maximum absolute atomic E-state index is 5.97. The van der Waals surface area contributed by atoms with Gasteiger partial charge in [0, 0.05) is 24.5 Å². The van der Waals surface area contributed by atoms with Crippen LogP contribution in [0.25, 0.3) is 0 Å². The van der Waals surface area contributed by atoms with Crippen LogP contribution < -0.4 is 11.1 Å². The number of likely N-dealkylation sites (tertiary alicyclic amines) is 1. The summed E-state index contributed by atoms with van der Waals surface area (Å²) < 4.78 is 0. The molecular formula is C16H27N5. The third kappa shape index (κ3) is 4.43. The van der Waals surface area contributed by atoms with Crippen LogP contribution in [0.1, 0.15) is 36.6 Å². The fourth-order valence-corrected chi connectivity index (χ4v) is 2.88. The number of aromatic nitrogens is 1. The maximum Gasteiger partial charge on any atom is 0.188 e. The highest BCUT2D eigenvalue weighted by Gasteiger charge is 2.22. The molecule has 1 aromatic rings. The molecule has 1 aliphatic heterocycles. The summed E-state index contributed by atoms with van der Waals surface area (Å²) >= 11 is 0. The predicted molar refractivity (Wildman–Crippen MR) is 87.3 cm³/mol. The molecule has 1 saturated heterocycles. The number of hydrogen-bond acceptors (Lipinski definition) is 3. The molecule has 0 aromatic carbocycles.